The molecule has 3 N–H and O–H groups in total. The molecule has 3 heterocycles. The average Bonchev–Trinajstić information content (AvgIpc) is 2.98. The first-order valence-electron chi connectivity index (χ1n) is 8.51. The number of nitrogens with two attached hydrogens (primary N) is 1. The van der Waals surface area contributed by atoms with E-state index in [2.05, 4.69) is 9.97 Å². The second kappa shape index (κ2) is 6.76. The Labute approximate surface area is 153 Å². The number of ether oxygens (including phenoxy) is 2. The summed E-state index contributed by atoms with van der Waals surface area (Å²) in [4.78, 5) is 34.0. The molecule has 2 aromatic heterocycles. The van der Waals surface area contributed by atoms with E-state index in [1.165, 1.54) is 4.40 Å². The number of imidazole rings is 1. The zero-order chi connectivity index (χ0) is 19.0. The van der Waals surface area contributed by atoms with E-state index in [0.29, 0.717) is 26.3 Å². The zero-order valence-corrected chi connectivity index (χ0v) is 14.8. The van der Waals surface area contributed by atoms with Crippen LogP contribution in [0.25, 0.3) is 11.9 Å². The minimum Gasteiger partial charge on any atom is -0.497 e. The van der Waals surface area contributed by atoms with Gasteiger partial charge < -0.3 is 25.1 Å². The average molecular weight is 369 g/mol. The fourth-order valence-electron chi connectivity index (χ4n) is 3.16. The third kappa shape index (κ3) is 3.02. The van der Waals surface area contributed by atoms with Crippen molar-refractivity contribution < 1.29 is 9.47 Å². The highest BCUT2D eigenvalue weighted by molar-refractivity contribution is 5.66. The lowest BCUT2D eigenvalue weighted by Gasteiger charge is -2.28. The fourth-order valence-corrected chi connectivity index (χ4v) is 3.16. The normalized spacial score (nSPS) is 15.4. The van der Waals surface area contributed by atoms with Crippen molar-refractivity contribution >= 4 is 23.4 Å². The molecule has 4 rings (SSSR count). The molecule has 1 aromatic carbocycles. The summed E-state index contributed by atoms with van der Waals surface area (Å²) in [7, 11) is 1.59. The molecule has 1 saturated heterocycles. The van der Waals surface area contributed by atoms with Gasteiger partial charge in [-0.15, -0.1) is 0 Å². The highest BCUT2D eigenvalue weighted by Crippen LogP contribution is 2.18. The van der Waals surface area contributed by atoms with E-state index in [-0.39, 0.29) is 28.2 Å². The topological polar surface area (TPSA) is 115 Å². The van der Waals surface area contributed by atoms with Crippen LogP contribution in [0, 0.1) is 0 Å². The molecular weight excluding hydrogens is 350 g/mol. The van der Waals surface area contributed by atoms with Crippen molar-refractivity contribution in [2.45, 2.75) is 0 Å². The molecule has 1 aliphatic rings. The number of hydrogen-bond acceptors (Lipinski definition) is 7. The van der Waals surface area contributed by atoms with Crippen LogP contribution < -0.4 is 31.8 Å². The van der Waals surface area contributed by atoms with Gasteiger partial charge in [0.25, 0.3) is 11.1 Å². The smallest absolute Gasteiger partial charge is 0.300 e. The van der Waals surface area contributed by atoms with Gasteiger partial charge in [-0.2, -0.15) is 4.98 Å². The maximum Gasteiger partial charge on any atom is 0.300 e. The second-order valence-corrected chi connectivity index (χ2v) is 6.17. The van der Waals surface area contributed by atoms with Gasteiger partial charge in [0.1, 0.15) is 22.6 Å². The summed E-state index contributed by atoms with van der Waals surface area (Å²) >= 11 is 0. The molecule has 0 spiro atoms. The zero-order valence-electron chi connectivity index (χ0n) is 14.8. The number of aromatic amines is 1. The number of fused-ring (bicyclic) bond motifs is 1. The molecule has 0 saturated carbocycles. The quantitative estimate of drug-likeness (QED) is 0.631. The lowest BCUT2D eigenvalue weighted by Crippen LogP contribution is -2.40. The van der Waals surface area contributed by atoms with Crippen LogP contribution in [0.2, 0.25) is 0 Å². The third-order valence-electron chi connectivity index (χ3n) is 4.54. The van der Waals surface area contributed by atoms with E-state index in [9.17, 15) is 9.59 Å². The minimum absolute atomic E-state index is 0.0857. The molecule has 27 heavy (non-hydrogen) atoms. The number of benzene rings is 1. The van der Waals surface area contributed by atoms with Crippen LogP contribution in [0.5, 0.6) is 5.75 Å². The standard InChI is InChI=1S/C18H19N5O4/c1-26-12-4-2-11(3-5-12)10-13-17(25)23-15(19)14(16(24)21-18(23)20-13)22-6-8-27-9-7-22/h2-5,10H,6-9,19H2,1H3,(H,20,21,24). The number of rotatable bonds is 3. The number of nitrogens with zero attached hydrogens (tertiary/aromatic N) is 3. The largest absolute Gasteiger partial charge is 0.497 e. The van der Waals surface area contributed by atoms with Gasteiger partial charge in [0.2, 0.25) is 5.78 Å². The van der Waals surface area contributed by atoms with Gasteiger partial charge in [-0.3, -0.25) is 9.59 Å². The summed E-state index contributed by atoms with van der Waals surface area (Å²) < 4.78 is 11.7. The summed E-state index contributed by atoms with van der Waals surface area (Å²) in [6, 6.07) is 7.24. The fraction of sp³-hybridized carbons (Fsp3) is 0.278. The van der Waals surface area contributed by atoms with Crippen molar-refractivity contribution in [3.8, 4) is 5.75 Å². The van der Waals surface area contributed by atoms with Crippen molar-refractivity contribution in [3.05, 3.63) is 55.9 Å². The first kappa shape index (κ1) is 17.1. The van der Waals surface area contributed by atoms with Gasteiger partial charge in [0.15, 0.2) is 0 Å². The maximum atomic E-state index is 12.8. The highest BCUT2D eigenvalue weighted by atomic mass is 16.5. The second-order valence-electron chi connectivity index (χ2n) is 6.17. The Hall–Kier alpha value is -3.33. The molecule has 0 aliphatic carbocycles. The SMILES string of the molecule is COc1ccc(C=c2[nH]c3nc(=O)c(N4CCOCC4)c(N)n3c2=O)cc1. The van der Waals surface area contributed by atoms with Crippen LogP contribution in [0.15, 0.2) is 33.9 Å². The third-order valence-corrected chi connectivity index (χ3v) is 4.54. The van der Waals surface area contributed by atoms with Crippen LogP contribution in [-0.4, -0.2) is 47.8 Å². The summed E-state index contributed by atoms with van der Waals surface area (Å²) in [6.45, 7) is 2.04. The first-order chi connectivity index (χ1) is 13.1. The molecular formula is C18H19N5O4. The Morgan fingerprint density at radius 3 is 2.59 bits per heavy atom. The van der Waals surface area contributed by atoms with Gasteiger partial charge in [0, 0.05) is 13.1 Å². The number of hydrogen-bond donors (Lipinski definition) is 2. The van der Waals surface area contributed by atoms with Crippen molar-refractivity contribution in [2.24, 2.45) is 0 Å². The van der Waals surface area contributed by atoms with Crippen LogP contribution >= 0.6 is 0 Å². The number of nitrogens with one attached hydrogen (secondary N) is 1. The molecule has 0 bridgehead atoms. The molecule has 9 heteroatoms. The van der Waals surface area contributed by atoms with Gasteiger partial charge in [-0.1, -0.05) is 12.1 Å². The summed E-state index contributed by atoms with van der Waals surface area (Å²) in [5.74, 6) is 0.930. The Morgan fingerprint density at radius 1 is 1.22 bits per heavy atom. The lowest BCUT2D eigenvalue weighted by molar-refractivity contribution is 0.122. The predicted molar refractivity (Wildman–Crippen MR) is 101 cm³/mol. The highest BCUT2D eigenvalue weighted by Gasteiger charge is 2.21. The van der Waals surface area contributed by atoms with Crippen LogP contribution in [0.3, 0.4) is 0 Å². The predicted octanol–water partition coefficient (Wildman–Crippen LogP) is -0.642. The van der Waals surface area contributed by atoms with Gasteiger partial charge >= 0.3 is 0 Å². The summed E-state index contributed by atoms with van der Waals surface area (Å²) in [5.41, 5.74) is 6.40. The number of nitrogen functional groups attached to an aromatic ring is 1. The van der Waals surface area contributed by atoms with Crippen LogP contribution in [-0.2, 0) is 4.74 Å². The van der Waals surface area contributed by atoms with E-state index in [4.69, 9.17) is 15.2 Å². The molecule has 140 valence electrons. The molecule has 3 aromatic rings. The Kier molecular flexibility index (Phi) is 4.28. The first-order valence-corrected chi connectivity index (χ1v) is 8.51. The Bertz CT molecular complexity index is 1140. The number of anilines is 2. The molecule has 0 unspecified atom stereocenters. The van der Waals surface area contributed by atoms with Crippen molar-refractivity contribution in [1.82, 2.24) is 14.4 Å². The van der Waals surface area contributed by atoms with Gasteiger partial charge in [-0.05, 0) is 23.8 Å². The van der Waals surface area contributed by atoms with E-state index in [0.717, 1.165) is 11.3 Å². The van der Waals surface area contributed by atoms with E-state index < -0.39 is 5.56 Å². The van der Waals surface area contributed by atoms with Gasteiger partial charge in [-0.25, -0.2) is 4.40 Å². The van der Waals surface area contributed by atoms with Crippen molar-refractivity contribution in [2.75, 3.05) is 44.0 Å². The summed E-state index contributed by atoms with van der Waals surface area (Å²) in [6.07, 6.45) is 1.68. The van der Waals surface area contributed by atoms with Crippen molar-refractivity contribution in [1.29, 1.82) is 0 Å². The number of H-pyrrole nitrogens is 1. The Morgan fingerprint density at radius 2 is 1.93 bits per heavy atom. The number of morpholine rings is 1. The number of aromatic nitrogens is 3. The Balaban J connectivity index is 1.86. The minimum atomic E-state index is -0.466. The van der Waals surface area contributed by atoms with E-state index in [1.807, 2.05) is 12.1 Å². The molecule has 1 aliphatic heterocycles. The van der Waals surface area contributed by atoms with Crippen molar-refractivity contribution in [3.63, 3.8) is 0 Å². The monoisotopic (exact) mass is 369 g/mol. The molecule has 9 nitrogen and oxygen atoms in total. The lowest BCUT2D eigenvalue weighted by atomic mass is 10.2. The van der Waals surface area contributed by atoms with E-state index >= 15 is 0 Å². The molecule has 0 atom stereocenters. The van der Waals surface area contributed by atoms with E-state index in [1.54, 1.807) is 30.2 Å². The van der Waals surface area contributed by atoms with Crippen LogP contribution in [0.1, 0.15) is 5.56 Å². The molecule has 0 radical (unpaired) electrons. The summed E-state index contributed by atoms with van der Waals surface area (Å²) in [5, 5.41) is 0.290. The molecule has 1 fully saturated rings. The van der Waals surface area contributed by atoms with Gasteiger partial charge in [0.05, 0.1) is 20.3 Å². The maximum absolute atomic E-state index is 12.8. The van der Waals surface area contributed by atoms with Crippen LogP contribution in [0.4, 0.5) is 11.5 Å². The molecule has 0 amide bonds. The number of methoxy groups -OCH3 is 1.